The van der Waals surface area contributed by atoms with E-state index in [1.807, 2.05) is 37.3 Å². The molecule has 1 heterocycles. The first-order valence-electron chi connectivity index (χ1n) is 7.57. The van der Waals surface area contributed by atoms with E-state index in [4.69, 9.17) is 4.74 Å². The molecule has 0 N–H and O–H groups in total. The second-order valence-electron chi connectivity index (χ2n) is 5.93. The van der Waals surface area contributed by atoms with Gasteiger partial charge >= 0.3 is 5.97 Å². The van der Waals surface area contributed by atoms with Crippen molar-refractivity contribution in [1.82, 2.24) is 0 Å². The number of sulfone groups is 1. The molecular weight excluding hydrogens is 324 g/mol. The summed E-state index contributed by atoms with van der Waals surface area (Å²) < 4.78 is 29.0. The highest BCUT2D eigenvalue weighted by molar-refractivity contribution is 7.90. The van der Waals surface area contributed by atoms with Crippen molar-refractivity contribution in [3.8, 4) is 0 Å². The number of benzene rings is 2. The number of esters is 1. The zero-order valence-electron chi connectivity index (χ0n) is 13.8. The topological polar surface area (TPSA) is 60.4 Å². The van der Waals surface area contributed by atoms with Crippen molar-refractivity contribution in [3.05, 3.63) is 64.7 Å². The molecule has 0 radical (unpaired) electrons. The standard InChI is InChI=1S/C19H18O4S/c1-12-13(2)17(24(3,21)22)10-9-15(12)16-11-23-19(20)18(16)14-7-5-4-6-8-14/h4-10H,11H2,1-3H3. The van der Waals surface area contributed by atoms with Gasteiger partial charge in [0.25, 0.3) is 0 Å². The van der Waals surface area contributed by atoms with Crippen molar-refractivity contribution in [2.75, 3.05) is 12.9 Å². The van der Waals surface area contributed by atoms with Gasteiger partial charge in [-0.3, -0.25) is 0 Å². The van der Waals surface area contributed by atoms with Crippen LogP contribution in [0.1, 0.15) is 22.3 Å². The van der Waals surface area contributed by atoms with E-state index < -0.39 is 9.84 Å². The Morgan fingerprint density at radius 1 is 0.958 bits per heavy atom. The Morgan fingerprint density at radius 3 is 2.25 bits per heavy atom. The van der Waals surface area contributed by atoms with E-state index in [-0.39, 0.29) is 12.6 Å². The number of hydrogen-bond acceptors (Lipinski definition) is 4. The molecule has 2 aromatic carbocycles. The van der Waals surface area contributed by atoms with Crippen molar-refractivity contribution in [2.24, 2.45) is 0 Å². The highest BCUT2D eigenvalue weighted by Gasteiger charge is 2.28. The van der Waals surface area contributed by atoms with E-state index in [1.165, 1.54) is 6.26 Å². The fourth-order valence-electron chi connectivity index (χ4n) is 3.04. The average Bonchev–Trinajstić information content (AvgIpc) is 2.91. The largest absolute Gasteiger partial charge is 0.457 e. The summed E-state index contributed by atoms with van der Waals surface area (Å²) in [4.78, 5) is 12.5. The van der Waals surface area contributed by atoms with Crippen molar-refractivity contribution in [2.45, 2.75) is 18.7 Å². The molecule has 0 spiro atoms. The zero-order valence-corrected chi connectivity index (χ0v) is 14.6. The van der Waals surface area contributed by atoms with Gasteiger partial charge in [0, 0.05) is 11.8 Å². The molecule has 2 aromatic rings. The molecule has 0 saturated heterocycles. The molecule has 0 aliphatic carbocycles. The summed E-state index contributed by atoms with van der Waals surface area (Å²) in [5.74, 6) is -0.347. The predicted octanol–water partition coefficient (Wildman–Crippen LogP) is 3.17. The predicted molar refractivity (Wildman–Crippen MR) is 93.2 cm³/mol. The number of ether oxygens (including phenoxy) is 1. The van der Waals surface area contributed by atoms with E-state index >= 15 is 0 Å². The van der Waals surface area contributed by atoms with Crippen molar-refractivity contribution in [3.63, 3.8) is 0 Å². The molecule has 124 valence electrons. The summed E-state index contributed by atoms with van der Waals surface area (Å²) in [6.07, 6.45) is 1.20. The second-order valence-corrected chi connectivity index (χ2v) is 7.91. The number of cyclic esters (lactones) is 1. The maximum atomic E-state index is 12.2. The molecule has 0 aromatic heterocycles. The van der Waals surface area contributed by atoms with E-state index in [9.17, 15) is 13.2 Å². The molecule has 0 amide bonds. The third-order valence-electron chi connectivity index (χ3n) is 4.38. The lowest BCUT2D eigenvalue weighted by molar-refractivity contribution is -0.133. The Morgan fingerprint density at radius 2 is 1.62 bits per heavy atom. The molecule has 1 aliphatic heterocycles. The SMILES string of the molecule is Cc1c(C2=C(c3ccccc3)C(=O)OC2)ccc(S(C)(=O)=O)c1C. The highest BCUT2D eigenvalue weighted by atomic mass is 32.2. The van der Waals surface area contributed by atoms with Crippen LogP contribution in [0.5, 0.6) is 0 Å². The molecule has 3 rings (SSSR count). The van der Waals surface area contributed by atoms with Gasteiger partial charge in [-0.25, -0.2) is 13.2 Å². The summed E-state index contributed by atoms with van der Waals surface area (Å²) in [5.41, 5.74) is 4.55. The fourth-order valence-corrected chi connectivity index (χ4v) is 4.06. The Labute approximate surface area is 141 Å². The van der Waals surface area contributed by atoms with Gasteiger partial charge in [-0.05, 0) is 42.2 Å². The third-order valence-corrected chi connectivity index (χ3v) is 5.62. The molecule has 1 aliphatic rings. The number of rotatable bonds is 3. The summed E-state index contributed by atoms with van der Waals surface area (Å²) in [6.45, 7) is 3.86. The molecule has 0 unspecified atom stereocenters. The van der Waals surface area contributed by atoms with Gasteiger partial charge in [-0.15, -0.1) is 0 Å². The minimum Gasteiger partial charge on any atom is -0.457 e. The van der Waals surface area contributed by atoms with Crippen LogP contribution in [0.25, 0.3) is 11.1 Å². The van der Waals surface area contributed by atoms with Gasteiger partial charge in [-0.2, -0.15) is 0 Å². The average molecular weight is 342 g/mol. The highest BCUT2D eigenvalue weighted by Crippen LogP contribution is 2.36. The Bertz CT molecular complexity index is 954. The van der Waals surface area contributed by atoms with Crippen LogP contribution >= 0.6 is 0 Å². The van der Waals surface area contributed by atoms with Gasteiger partial charge in [-0.1, -0.05) is 36.4 Å². The molecule has 0 saturated carbocycles. The van der Waals surface area contributed by atoms with Crippen LogP contribution in [0.3, 0.4) is 0 Å². The van der Waals surface area contributed by atoms with Gasteiger partial charge in [0.1, 0.15) is 6.61 Å². The number of carbonyl (C=O) groups is 1. The fraction of sp³-hybridized carbons (Fsp3) is 0.211. The van der Waals surface area contributed by atoms with E-state index in [2.05, 4.69) is 0 Å². The van der Waals surface area contributed by atoms with E-state index in [0.29, 0.717) is 16.0 Å². The lowest BCUT2D eigenvalue weighted by Gasteiger charge is -2.13. The van der Waals surface area contributed by atoms with Crippen molar-refractivity contribution in [1.29, 1.82) is 0 Å². The van der Waals surface area contributed by atoms with Crippen LogP contribution in [0.4, 0.5) is 0 Å². The minimum absolute atomic E-state index is 0.196. The summed E-state index contributed by atoms with van der Waals surface area (Å²) >= 11 is 0. The molecule has 24 heavy (non-hydrogen) atoms. The molecule has 0 fully saturated rings. The van der Waals surface area contributed by atoms with Crippen molar-refractivity contribution < 1.29 is 17.9 Å². The first-order chi connectivity index (χ1) is 11.3. The Kier molecular flexibility index (Phi) is 4.05. The zero-order chi connectivity index (χ0) is 17.5. The van der Waals surface area contributed by atoms with Crippen LogP contribution in [-0.4, -0.2) is 27.2 Å². The van der Waals surface area contributed by atoms with Crippen LogP contribution in [0, 0.1) is 13.8 Å². The van der Waals surface area contributed by atoms with Crippen LogP contribution in [0.15, 0.2) is 47.4 Å². The lowest BCUT2D eigenvalue weighted by Crippen LogP contribution is -2.04. The van der Waals surface area contributed by atoms with Crippen molar-refractivity contribution >= 4 is 27.0 Å². The quantitative estimate of drug-likeness (QED) is 0.804. The van der Waals surface area contributed by atoms with E-state index in [1.54, 1.807) is 19.1 Å². The summed E-state index contributed by atoms with van der Waals surface area (Å²) in [5, 5.41) is 0. The van der Waals surface area contributed by atoms with Gasteiger partial charge < -0.3 is 4.74 Å². The third kappa shape index (κ3) is 2.76. The maximum absolute atomic E-state index is 12.2. The first-order valence-corrected chi connectivity index (χ1v) is 9.46. The smallest absolute Gasteiger partial charge is 0.339 e. The van der Waals surface area contributed by atoms with Crippen LogP contribution in [-0.2, 0) is 19.4 Å². The molecule has 5 heteroatoms. The number of carbonyl (C=O) groups excluding carboxylic acids is 1. The van der Waals surface area contributed by atoms with Crippen LogP contribution < -0.4 is 0 Å². The molecule has 0 atom stereocenters. The normalized spacial score (nSPS) is 14.9. The van der Waals surface area contributed by atoms with Crippen LogP contribution in [0.2, 0.25) is 0 Å². The monoisotopic (exact) mass is 342 g/mol. The summed E-state index contributed by atoms with van der Waals surface area (Å²) in [7, 11) is -3.29. The molecule has 0 bridgehead atoms. The number of hydrogen-bond donors (Lipinski definition) is 0. The molecule has 4 nitrogen and oxygen atoms in total. The second kappa shape index (κ2) is 5.91. The van der Waals surface area contributed by atoms with Gasteiger partial charge in [0.05, 0.1) is 10.5 Å². The lowest BCUT2D eigenvalue weighted by atomic mass is 9.92. The Hall–Kier alpha value is -2.40. The van der Waals surface area contributed by atoms with Gasteiger partial charge in [0.2, 0.25) is 0 Å². The maximum Gasteiger partial charge on any atom is 0.339 e. The summed E-state index contributed by atoms with van der Waals surface area (Å²) in [6, 6.07) is 12.7. The first kappa shape index (κ1) is 16.5. The molecular formula is C19H18O4S. The van der Waals surface area contributed by atoms with Gasteiger partial charge in [0.15, 0.2) is 9.84 Å². The Balaban J connectivity index is 2.23. The minimum atomic E-state index is -3.29. The van der Waals surface area contributed by atoms with E-state index in [0.717, 1.165) is 22.3 Å².